The molecule has 164 valence electrons. The van der Waals surface area contributed by atoms with Crippen LogP contribution in [-0.2, 0) is 14.3 Å². The Bertz CT molecular complexity index is 1300. The topological polar surface area (TPSA) is 94.1 Å². The highest BCUT2D eigenvalue weighted by Gasteiger charge is 2.24. The van der Waals surface area contributed by atoms with Crippen molar-refractivity contribution in [2.75, 3.05) is 5.32 Å². The lowest BCUT2D eigenvalue weighted by Gasteiger charge is -2.06. The van der Waals surface area contributed by atoms with Gasteiger partial charge in [0.2, 0.25) is 11.8 Å². The monoisotopic (exact) mass is 460 g/mol. The van der Waals surface area contributed by atoms with E-state index in [2.05, 4.69) is 10.3 Å². The van der Waals surface area contributed by atoms with Crippen molar-refractivity contribution in [1.82, 2.24) is 0 Å². The van der Waals surface area contributed by atoms with Crippen LogP contribution in [0.1, 0.15) is 28.4 Å². The molecule has 0 bridgehead atoms. The maximum Gasteiger partial charge on any atom is 0.363 e. The molecular formula is C25H17ClN2O5. The van der Waals surface area contributed by atoms with E-state index in [1.165, 1.54) is 6.92 Å². The van der Waals surface area contributed by atoms with Gasteiger partial charge >= 0.3 is 11.9 Å². The third-order valence-corrected chi connectivity index (χ3v) is 4.89. The van der Waals surface area contributed by atoms with E-state index in [1.54, 1.807) is 78.9 Å². The van der Waals surface area contributed by atoms with Crippen LogP contribution in [0.3, 0.4) is 0 Å². The molecule has 0 aromatic heterocycles. The molecular weight excluding hydrogens is 444 g/mol. The van der Waals surface area contributed by atoms with Gasteiger partial charge in [-0.25, -0.2) is 14.6 Å². The van der Waals surface area contributed by atoms with Crippen molar-refractivity contribution in [2.45, 2.75) is 6.92 Å². The number of carbonyl (C=O) groups is 3. The lowest BCUT2D eigenvalue weighted by atomic mass is 10.2. The third kappa shape index (κ3) is 5.34. The van der Waals surface area contributed by atoms with E-state index in [1.807, 2.05) is 0 Å². The van der Waals surface area contributed by atoms with Crippen LogP contribution in [0.5, 0.6) is 5.75 Å². The molecule has 0 radical (unpaired) electrons. The van der Waals surface area contributed by atoms with Crippen LogP contribution in [0.15, 0.2) is 83.5 Å². The van der Waals surface area contributed by atoms with Crippen molar-refractivity contribution >= 4 is 47.1 Å². The van der Waals surface area contributed by atoms with Crippen LogP contribution in [0.2, 0.25) is 5.02 Å². The number of nitrogens with zero attached hydrogens (tertiary/aromatic N) is 1. The molecule has 1 aliphatic heterocycles. The summed E-state index contributed by atoms with van der Waals surface area (Å²) in [6.45, 7) is 1.42. The smallest absolute Gasteiger partial charge is 0.363 e. The summed E-state index contributed by atoms with van der Waals surface area (Å²) in [6, 6.07) is 20.0. The number of benzene rings is 3. The van der Waals surface area contributed by atoms with Gasteiger partial charge in [0, 0.05) is 18.2 Å². The maximum atomic E-state index is 12.3. The number of cyclic esters (lactones) is 1. The molecule has 1 N–H and O–H groups in total. The molecule has 0 spiro atoms. The molecule has 4 rings (SSSR count). The summed E-state index contributed by atoms with van der Waals surface area (Å²) in [5.41, 5.74) is 2.30. The molecule has 7 nitrogen and oxygen atoms in total. The molecule has 3 aromatic carbocycles. The number of halogens is 1. The van der Waals surface area contributed by atoms with Gasteiger partial charge < -0.3 is 14.8 Å². The van der Waals surface area contributed by atoms with Gasteiger partial charge in [0.1, 0.15) is 5.75 Å². The lowest BCUT2D eigenvalue weighted by molar-refractivity contribution is -0.129. The van der Waals surface area contributed by atoms with E-state index in [9.17, 15) is 14.4 Å². The molecule has 0 atom stereocenters. The Morgan fingerprint density at radius 3 is 2.36 bits per heavy atom. The molecule has 0 unspecified atom stereocenters. The molecule has 1 amide bonds. The number of aliphatic imine (C=N–C) groups is 1. The molecule has 0 saturated heterocycles. The molecule has 0 aliphatic carbocycles. The summed E-state index contributed by atoms with van der Waals surface area (Å²) in [5, 5.41) is 2.97. The van der Waals surface area contributed by atoms with Gasteiger partial charge in [-0.1, -0.05) is 35.9 Å². The summed E-state index contributed by atoms with van der Waals surface area (Å²) in [5.74, 6) is -0.817. The van der Waals surface area contributed by atoms with Gasteiger partial charge in [0.05, 0.1) is 10.6 Å². The summed E-state index contributed by atoms with van der Waals surface area (Å²) in [7, 11) is 0. The minimum Gasteiger partial charge on any atom is -0.423 e. The highest BCUT2D eigenvalue weighted by molar-refractivity contribution is 6.33. The molecule has 8 heteroatoms. The summed E-state index contributed by atoms with van der Waals surface area (Å²) >= 11 is 6.02. The first-order valence-electron chi connectivity index (χ1n) is 9.86. The van der Waals surface area contributed by atoms with Gasteiger partial charge in [-0.2, -0.15) is 0 Å². The first-order chi connectivity index (χ1) is 15.9. The van der Waals surface area contributed by atoms with E-state index < -0.39 is 11.9 Å². The fourth-order valence-electron chi connectivity index (χ4n) is 3.01. The van der Waals surface area contributed by atoms with Crippen molar-refractivity contribution < 1.29 is 23.9 Å². The summed E-state index contributed by atoms with van der Waals surface area (Å²) in [4.78, 5) is 39.9. The van der Waals surface area contributed by atoms with Crippen LogP contribution < -0.4 is 10.1 Å². The van der Waals surface area contributed by atoms with Crippen molar-refractivity contribution in [3.05, 3.63) is 100 Å². The SMILES string of the molecule is CC(=O)Nc1ccc(C2=N/C(=C\c3ccc(OC(=O)c4ccccc4Cl)cc3)C(=O)O2)cc1. The van der Waals surface area contributed by atoms with Crippen LogP contribution in [0, 0.1) is 0 Å². The number of hydrogen-bond donors (Lipinski definition) is 1. The number of hydrogen-bond acceptors (Lipinski definition) is 6. The Balaban J connectivity index is 1.46. The predicted octanol–water partition coefficient (Wildman–Crippen LogP) is 4.86. The quantitative estimate of drug-likeness (QED) is 0.333. The van der Waals surface area contributed by atoms with Crippen molar-refractivity contribution in [1.29, 1.82) is 0 Å². The van der Waals surface area contributed by atoms with E-state index >= 15 is 0 Å². The minimum absolute atomic E-state index is 0.136. The predicted molar refractivity (Wildman–Crippen MR) is 124 cm³/mol. The fourth-order valence-corrected chi connectivity index (χ4v) is 3.22. The second kappa shape index (κ2) is 9.50. The Kier molecular flexibility index (Phi) is 6.33. The van der Waals surface area contributed by atoms with E-state index in [0.717, 1.165) is 0 Å². The zero-order chi connectivity index (χ0) is 23.4. The molecule has 1 aliphatic rings. The third-order valence-electron chi connectivity index (χ3n) is 4.56. The number of amides is 1. The van der Waals surface area contributed by atoms with Crippen molar-refractivity contribution in [3.63, 3.8) is 0 Å². The van der Waals surface area contributed by atoms with Crippen LogP contribution in [0.25, 0.3) is 6.08 Å². The number of carbonyl (C=O) groups excluding carboxylic acids is 3. The highest BCUT2D eigenvalue weighted by atomic mass is 35.5. The normalized spacial score (nSPS) is 13.9. The Morgan fingerprint density at radius 2 is 1.70 bits per heavy atom. The second-order valence-corrected chi connectivity index (χ2v) is 7.44. The molecule has 0 saturated carbocycles. The van der Waals surface area contributed by atoms with Gasteiger partial charge in [-0.15, -0.1) is 0 Å². The first-order valence-corrected chi connectivity index (χ1v) is 10.2. The number of esters is 2. The number of ether oxygens (including phenoxy) is 2. The highest BCUT2D eigenvalue weighted by Crippen LogP contribution is 2.23. The van der Waals surface area contributed by atoms with Gasteiger partial charge in [0.25, 0.3) is 0 Å². The molecule has 3 aromatic rings. The maximum absolute atomic E-state index is 12.3. The standard InChI is InChI=1S/C25H17ClN2O5/c1-15(29)27-18-10-8-17(9-11-18)23-28-22(25(31)33-23)14-16-6-12-19(13-7-16)32-24(30)20-4-2-3-5-21(20)26/h2-14H,1H3,(H,27,29)/b22-14-. The first kappa shape index (κ1) is 22.0. The summed E-state index contributed by atoms with van der Waals surface area (Å²) in [6.07, 6.45) is 1.57. The summed E-state index contributed by atoms with van der Waals surface area (Å²) < 4.78 is 10.6. The van der Waals surface area contributed by atoms with Gasteiger partial charge in [-0.3, -0.25) is 4.79 Å². The van der Waals surface area contributed by atoms with Crippen LogP contribution >= 0.6 is 11.6 Å². The molecule has 33 heavy (non-hydrogen) atoms. The molecule has 1 heterocycles. The fraction of sp³-hybridized carbons (Fsp3) is 0.0400. The second-order valence-electron chi connectivity index (χ2n) is 7.03. The van der Waals surface area contributed by atoms with Crippen LogP contribution in [-0.4, -0.2) is 23.7 Å². The lowest BCUT2D eigenvalue weighted by Crippen LogP contribution is -2.08. The van der Waals surface area contributed by atoms with Crippen molar-refractivity contribution in [2.24, 2.45) is 4.99 Å². The Labute approximate surface area is 194 Å². The Morgan fingerprint density at radius 1 is 1.00 bits per heavy atom. The average Bonchev–Trinajstić information content (AvgIpc) is 3.15. The Hall–Kier alpha value is -4.23. The van der Waals surface area contributed by atoms with Gasteiger partial charge in [0.15, 0.2) is 5.70 Å². The van der Waals surface area contributed by atoms with E-state index in [0.29, 0.717) is 27.6 Å². The number of anilines is 1. The van der Waals surface area contributed by atoms with Gasteiger partial charge in [-0.05, 0) is 60.2 Å². The largest absolute Gasteiger partial charge is 0.423 e. The van der Waals surface area contributed by atoms with E-state index in [-0.39, 0.29) is 23.1 Å². The number of nitrogens with one attached hydrogen (secondary N) is 1. The molecule has 0 fully saturated rings. The van der Waals surface area contributed by atoms with Crippen LogP contribution in [0.4, 0.5) is 5.69 Å². The zero-order valence-corrected chi connectivity index (χ0v) is 18.1. The van der Waals surface area contributed by atoms with E-state index in [4.69, 9.17) is 21.1 Å². The number of rotatable bonds is 5. The zero-order valence-electron chi connectivity index (χ0n) is 17.4. The van der Waals surface area contributed by atoms with Crippen molar-refractivity contribution in [3.8, 4) is 5.75 Å². The minimum atomic E-state index is -0.579. The average molecular weight is 461 g/mol.